The molecule has 8 nitrogen and oxygen atoms in total. The van der Waals surface area contributed by atoms with E-state index in [1.165, 1.54) is 4.90 Å². The molecule has 34 heavy (non-hydrogen) atoms. The standard InChI is InChI=1S/C26H37NO7/c1-7-26(2,3)23(28)24(29)27-18-11-10-17(15-18)21(27)25(30)34-12-8-9-16-13-19(31-4)22(33-6)20(14-16)32-5/h13-14,17-18,21H,7-12,15H2,1-6H3/t17-,18+,21-/m1/s1. The second-order valence-corrected chi connectivity index (χ2v) is 9.76. The van der Waals surface area contributed by atoms with Crippen LogP contribution in [0.2, 0.25) is 0 Å². The monoisotopic (exact) mass is 475 g/mol. The number of esters is 1. The van der Waals surface area contributed by atoms with Crippen molar-refractivity contribution < 1.29 is 33.3 Å². The fourth-order valence-electron chi connectivity index (χ4n) is 4.96. The molecule has 8 heteroatoms. The summed E-state index contributed by atoms with van der Waals surface area (Å²) in [6, 6.07) is 3.04. The Morgan fingerprint density at radius 3 is 2.24 bits per heavy atom. The molecule has 0 aromatic heterocycles. The van der Waals surface area contributed by atoms with Crippen LogP contribution >= 0.6 is 0 Å². The maximum Gasteiger partial charge on any atom is 0.329 e. The van der Waals surface area contributed by atoms with Crippen molar-refractivity contribution >= 4 is 17.7 Å². The zero-order valence-electron chi connectivity index (χ0n) is 21.1. The Morgan fingerprint density at radius 1 is 1.03 bits per heavy atom. The van der Waals surface area contributed by atoms with Crippen LogP contribution in [0.4, 0.5) is 0 Å². The molecule has 0 radical (unpaired) electrons. The van der Waals surface area contributed by atoms with Crippen LogP contribution in [0.1, 0.15) is 58.4 Å². The van der Waals surface area contributed by atoms with Gasteiger partial charge in [-0.2, -0.15) is 0 Å². The predicted molar refractivity (Wildman–Crippen MR) is 126 cm³/mol. The number of piperidine rings is 1. The quantitative estimate of drug-likeness (QED) is 0.274. The Balaban J connectivity index is 1.61. The first-order chi connectivity index (χ1) is 16.2. The van der Waals surface area contributed by atoms with Gasteiger partial charge < -0.3 is 23.8 Å². The van der Waals surface area contributed by atoms with Gasteiger partial charge in [-0.25, -0.2) is 4.79 Å². The highest BCUT2D eigenvalue weighted by atomic mass is 16.5. The molecule has 3 atom stereocenters. The minimum atomic E-state index is -0.742. The highest BCUT2D eigenvalue weighted by Gasteiger charge is 2.54. The number of benzene rings is 1. The van der Waals surface area contributed by atoms with Gasteiger partial charge in [-0.15, -0.1) is 0 Å². The van der Waals surface area contributed by atoms with E-state index in [-0.39, 0.29) is 18.6 Å². The maximum atomic E-state index is 13.1. The molecule has 1 heterocycles. The van der Waals surface area contributed by atoms with Gasteiger partial charge in [-0.05, 0) is 62.1 Å². The number of rotatable bonds is 11. The lowest BCUT2D eigenvalue weighted by Crippen LogP contribution is -2.54. The van der Waals surface area contributed by atoms with Crippen molar-refractivity contribution in [2.45, 2.75) is 71.4 Å². The van der Waals surface area contributed by atoms with E-state index in [2.05, 4.69) is 0 Å². The number of carbonyl (C=O) groups is 3. The van der Waals surface area contributed by atoms with Crippen LogP contribution in [0.15, 0.2) is 12.1 Å². The molecule has 188 valence electrons. The number of hydrogen-bond acceptors (Lipinski definition) is 7. The molecule has 2 fully saturated rings. The second-order valence-electron chi connectivity index (χ2n) is 9.76. The molecule has 2 aliphatic rings. The third-order valence-electron chi connectivity index (χ3n) is 7.33. The molecule has 3 rings (SSSR count). The van der Waals surface area contributed by atoms with Crippen LogP contribution in [-0.4, -0.2) is 62.6 Å². The lowest BCUT2D eigenvalue weighted by Gasteiger charge is -2.35. The third-order valence-corrected chi connectivity index (χ3v) is 7.33. The first-order valence-electron chi connectivity index (χ1n) is 12.0. The Bertz CT molecular complexity index is 901. The Labute approximate surface area is 201 Å². The lowest BCUT2D eigenvalue weighted by molar-refractivity contribution is -0.161. The van der Waals surface area contributed by atoms with Crippen molar-refractivity contribution in [2.24, 2.45) is 11.3 Å². The molecular formula is C26H37NO7. The van der Waals surface area contributed by atoms with Crippen molar-refractivity contribution in [1.29, 1.82) is 0 Å². The van der Waals surface area contributed by atoms with E-state index in [1.807, 2.05) is 19.1 Å². The number of nitrogens with zero attached hydrogens (tertiary/aromatic N) is 1. The number of aryl methyl sites for hydroxylation is 1. The molecule has 1 saturated carbocycles. The summed E-state index contributed by atoms with van der Waals surface area (Å²) in [5.74, 6) is 0.360. The van der Waals surface area contributed by atoms with E-state index in [9.17, 15) is 14.4 Å². The average Bonchev–Trinajstić information content (AvgIpc) is 3.46. The van der Waals surface area contributed by atoms with Crippen LogP contribution in [0.3, 0.4) is 0 Å². The summed E-state index contributed by atoms with van der Waals surface area (Å²) in [6.45, 7) is 5.66. The summed E-state index contributed by atoms with van der Waals surface area (Å²) in [6.07, 6.45) is 4.28. The van der Waals surface area contributed by atoms with E-state index in [0.29, 0.717) is 36.5 Å². The van der Waals surface area contributed by atoms with Crippen LogP contribution in [0.5, 0.6) is 17.2 Å². The van der Waals surface area contributed by atoms with Crippen molar-refractivity contribution in [3.05, 3.63) is 17.7 Å². The number of ether oxygens (including phenoxy) is 4. The summed E-state index contributed by atoms with van der Waals surface area (Å²) in [5.41, 5.74) is 0.225. The largest absolute Gasteiger partial charge is 0.493 e. The van der Waals surface area contributed by atoms with E-state index in [0.717, 1.165) is 24.8 Å². The summed E-state index contributed by atoms with van der Waals surface area (Å²) in [5, 5.41) is 0. The topological polar surface area (TPSA) is 91.4 Å². The maximum absolute atomic E-state index is 13.1. The fraction of sp³-hybridized carbons (Fsp3) is 0.654. The Morgan fingerprint density at radius 2 is 1.68 bits per heavy atom. The number of fused-ring (bicyclic) bond motifs is 2. The highest BCUT2D eigenvalue weighted by Crippen LogP contribution is 2.44. The fourth-order valence-corrected chi connectivity index (χ4v) is 4.96. The molecule has 1 aromatic rings. The highest BCUT2D eigenvalue weighted by molar-refractivity contribution is 6.38. The number of amides is 1. The average molecular weight is 476 g/mol. The van der Waals surface area contributed by atoms with Gasteiger partial charge in [-0.1, -0.05) is 20.8 Å². The minimum Gasteiger partial charge on any atom is -0.493 e. The Kier molecular flexibility index (Phi) is 8.10. The smallest absolute Gasteiger partial charge is 0.329 e. The van der Waals surface area contributed by atoms with E-state index in [4.69, 9.17) is 18.9 Å². The number of likely N-dealkylation sites (tertiary alicyclic amines) is 1. The summed E-state index contributed by atoms with van der Waals surface area (Å²) in [7, 11) is 4.69. The molecule has 1 saturated heterocycles. The normalized spacial score (nSPS) is 21.4. The van der Waals surface area contributed by atoms with E-state index in [1.54, 1.807) is 35.2 Å². The van der Waals surface area contributed by atoms with Gasteiger partial charge in [0.2, 0.25) is 11.5 Å². The van der Waals surface area contributed by atoms with Gasteiger partial charge in [0.05, 0.1) is 27.9 Å². The van der Waals surface area contributed by atoms with Gasteiger partial charge in [0.1, 0.15) is 6.04 Å². The molecule has 0 spiro atoms. The number of Topliss-reactive ketones (excluding diaryl/α,β-unsaturated/α-hetero) is 1. The zero-order chi connectivity index (χ0) is 25.0. The number of carbonyl (C=O) groups excluding carboxylic acids is 3. The molecule has 0 unspecified atom stereocenters. The van der Waals surface area contributed by atoms with Gasteiger partial charge >= 0.3 is 5.97 Å². The number of methoxy groups -OCH3 is 3. The molecular weight excluding hydrogens is 438 g/mol. The Hall–Kier alpha value is -2.77. The van der Waals surface area contributed by atoms with Gasteiger partial charge in [0, 0.05) is 11.5 Å². The minimum absolute atomic E-state index is 0.0501. The predicted octanol–water partition coefficient (Wildman–Crippen LogP) is 3.57. The third kappa shape index (κ3) is 5.00. The number of hydrogen-bond donors (Lipinski definition) is 0. The SMILES string of the molecule is CCC(C)(C)C(=O)C(=O)N1[C@H]2CC[C@H](C2)[C@@H]1C(=O)OCCCc1cc(OC)c(OC)c(OC)c1. The molecule has 2 bridgehead atoms. The van der Waals surface area contributed by atoms with Crippen LogP contribution < -0.4 is 14.2 Å². The van der Waals surface area contributed by atoms with Gasteiger partial charge in [0.15, 0.2) is 11.5 Å². The van der Waals surface area contributed by atoms with E-state index >= 15 is 0 Å². The van der Waals surface area contributed by atoms with Gasteiger partial charge in [0.25, 0.3) is 5.91 Å². The summed E-state index contributed by atoms with van der Waals surface area (Å²) >= 11 is 0. The lowest BCUT2D eigenvalue weighted by atomic mass is 9.84. The molecule has 1 aliphatic carbocycles. The van der Waals surface area contributed by atoms with E-state index < -0.39 is 29.1 Å². The van der Waals surface area contributed by atoms with Crippen molar-refractivity contribution in [3.63, 3.8) is 0 Å². The summed E-state index contributed by atoms with van der Waals surface area (Å²) in [4.78, 5) is 40.4. The molecule has 0 N–H and O–H groups in total. The van der Waals surface area contributed by atoms with Crippen LogP contribution in [0, 0.1) is 11.3 Å². The zero-order valence-corrected chi connectivity index (χ0v) is 21.1. The molecule has 1 aromatic carbocycles. The van der Waals surface area contributed by atoms with Crippen molar-refractivity contribution in [2.75, 3.05) is 27.9 Å². The van der Waals surface area contributed by atoms with Crippen molar-refractivity contribution in [3.8, 4) is 17.2 Å². The second kappa shape index (κ2) is 10.7. The first-order valence-corrected chi connectivity index (χ1v) is 12.0. The molecule has 1 amide bonds. The van der Waals surface area contributed by atoms with Crippen molar-refractivity contribution in [1.82, 2.24) is 4.90 Å². The molecule has 1 aliphatic heterocycles. The van der Waals surface area contributed by atoms with Gasteiger partial charge in [-0.3, -0.25) is 9.59 Å². The number of ketones is 1. The van der Waals surface area contributed by atoms with Crippen LogP contribution in [-0.2, 0) is 25.5 Å². The summed E-state index contributed by atoms with van der Waals surface area (Å²) < 4.78 is 21.7. The first kappa shape index (κ1) is 25.8. The van der Waals surface area contributed by atoms with Crippen LogP contribution in [0.25, 0.3) is 0 Å².